The van der Waals surface area contributed by atoms with E-state index in [1.807, 2.05) is 55.1 Å². The van der Waals surface area contributed by atoms with E-state index in [0.29, 0.717) is 31.6 Å². The van der Waals surface area contributed by atoms with Crippen molar-refractivity contribution in [2.45, 2.75) is 38.9 Å². The molecule has 0 radical (unpaired) electrons. The SMILES string of the molecule is CCC(C(=O)N1CCc2c(ncnc2N(C)C)C1)N1Cc2ccccc2C1=O. The summed E-state index contributed by atoms with van der Waals surface area (Å²) >= 11 is 0. The van der Waals surface area contributed by atoms with Crippen LogP contribution in [0.15, 0.2) is 30.6 Å². The Labute approximate surface area is 165 Å². The van der Waals surface area contributed by atoms with Crippen LogP contribution in [0, 0.1) is 0 Å². The summed E-state index contributed by atoms with van der Waals surface area (Å²) in [4.78, 5) is 40.5. The molecule has 3 heterocycles. The third-order valence-corrected chi connectivity index (χ3v) is 5.62. The van der Waals surface area contributed by atoms with Crippen molar-refractivity contribution in [2.75, 3.05) is 25.5 Å². The first-order chi connectivity index (χ1) is 13.5. The number of nitrogens with zero attached hydrogens (tertiary/aromatic N) is 5. The summed E-state index contributed by atoms with van der Waals surface area (Å²) in [6.07, 6.45) is 2.87. The molecule has 2 amide bonds. The van der Waals surface area contributed by atoms with Gasteiger partial charge in [0, 0.05) is 38.3 Å². The monoisotopic (exact) mass is 379 g/mol. The van der Waals surface area contributed by atoms with Crippen LogP contribution in [-0.2, 0) is 24.3 Å². The fraction of sp³-hybridized carbons (Fsp3) is 0.429. The maximum absolute atomic E-state index is 13.3. The number of hydrogen-bond acceptors (Lipinski definition) is 5. The zero-order chi connectivity index (χ0) is 19.8. The quantitative estimate of drug-likeness (QED) is 0.811. The highest BCUT2D eigenvalue weighted by molar-refractivity contribution is 6.01. The van der Waals surface area contributed by atoms with Gasteiger partial charge in [0.1, 0.15) is 18.2 Å². The van der Waals surface area contributed by atoms with Crippen molar-refractivity contribution in [3.05, 3.63) is 53.0 Å². The predicted octanol–water partition coefficient (Wildman–Crippen LogP) is 1.86. The van der Waals surface area contributed by atoms with E-state index in [1.165, 1.54) is 0 Å². The smallest absolute Gasteiger partial charge is 0.255 e. The Bertz CT molecular complexity index is 927. The molecular formula is C21H25N5O2. The fourth-order valence-electron chi connectivity index (χ4n) is 4.18. The van der Waals surface area contributed by atoms with Crippen LogP contribution in [0.5, 0.6) is 0 Å². The average Bonchev–Trinajstić information content (AvgIpc) is 3.04. The van der Waals surface area contributed by atoms with Crippen LogP contribution in [0.25, 0.3) is 0 Å². The van der Waals surface area contributed by atoms with Gasteiger partial charge in [-0.2, -0.15) is 0 Å². The zero-order valence-electron chi connectivity index (χ0n) is 16.6. The van der Waals surface area contributed by atoms with Crippen molar-refractivity contribution in [3.8, 4) is 0 Å². The second kappa shape index (κ2) is 7.22. The first kappa shape index (κ1) is 18.4. The molecule has 4 rings (SSSR count). The minimum atomic E-state index is -0.448. The Morgan fingerprint density at radius 1 is 1.21 bits per heavy atom. The van der Waals surface area contributed by atoms with E-state index in [9.17, 15) is 9.59 Å². The van der Waals surface area contributed by atoms with Crippen LogP contribution >= 0.6 is 0 Å². The van der Waals surface area contributed by atoms with Gasteiger partial charge in [0.15, 0.2) is 0 Å². The number of hydrogen-bond donors (Lipinski definition) is 0. The third-order valence-electron chi connectivity index (χ3n) is 5.62. The Kier molecular flexibility index (Phi) is 4.75. The summed E-state index contributed by atoms with van der Waals surface area (Å²) in [6.45, 7) is 3.54. The van der Waals surface area contributed by atoms with E-state index >= 15 is 0 Å². The molecule has 1 aromatic carbocycles. The first-order valence-electron chi connectivity index (χ1n) is 9.69. The van der Waals surface area contributed by atoms with Gasteiger partial charge in [0.25, 0.3) is 5.91 Å². The summed E-state index contributed by atoms with van der Waals surface area (Å²) in [5, 5.41) is 0. The van der Waals surface area contributed by atoms with Crippen LogP contribution < -0.4 is 4.90 Å². The van der Waals surface area contributed by atoms with Gasteiger partial charge in [0.05, 0.1) is 12.2 Å². The molecule has 28 heavy (non-hydrogen) atoms. The van der Waals surface area contributed by atoms with Crippen molar-refractivity contribution in [3.63, 3.8) is 0 Å². The van der Waals surface area contributed by atoms with Crippen molar-refractivity contribution in [1.29, 1.82) is 0 Å². The van der Waals surface area contributed by atoms with Gasteiger partial charge in [-0.15, -0.1) is 0 Å². The normalized spacial score (nSPS) is 16.6. The largest absolute Gasteiger partial charge is 0.362 e. The number of rotatable bonds is 4. The second-order valence-corrected chi connectivity index (χ2v) is 7.54. The fourth-order valence-corrected chi connectivity index (χ4v) is 4.18. The lowest BCUT2D eigenvalue weighted by atomic mass is 10.0. The third kappa shape index (κ3) is 3.00. The van der Waals surface area contributed by atoms with E-state index in [2.05, 4.69) is 9.97 Å². The highest BCUT2D eigenvalue weighted by Gasteiger charge is 2.38. The van der Waals surface area contributed by atoms with E-state index in [0.717, 1.165) is 29.1 Å². The number of carbonyl (C=O) groups excluding carboxylic acids is 2. The number of carbonyl (C=O) groups is 2. The lowest BCUT2D eigenvalue weighted by Gasteiger charge is -2.35. The standard InChI is InChI=1S/C21H25N5O2/c1-4-18(26-11-14-7-5-6-8-15(14)20(26)27)21(28)25-10-9-16-17(12-25)22-13-23-19(16)24(2)3/h5-8,13,18H,4,9-12H2,1-3H3. The van der Waals surface area contributed by atoms with Crippen molar-refractivity contribution >= 4 is 17.6 Å². The van der Waals surface area contributed by atoms with E-state index in [1.54, 1.807) is 11.2 Å². The zero-order valence-corrected chi connectivity index (χ0v) is 16.6. The summed E-state index contributed by atoms with van der Waals surface area (Å²) in [7, 11) is 3.92. The molecule has 2 aliphatic heterocycles. The number of aromatic nitrogens is 2. The summed E-state index contributed by atoms with van der Waals surface area (Å²) in [5.41, 5.74) is 3.70. The van der Waals surface area contributed by atoms with Gasteiger partial charge in [0.2, 0.25) is 5.91 Å². The van der Waals surface area contributed by atoms with E-state index < -0.39 is 6.04 Å². The molecule has 146 valence electrons. The van der Waals surface area contributed by atoms with Crippen LogP contribution in [-0.4, -0.2) is 58.3 Å². The molecule has 0 spiro atoms. The van der Waals surface area contributed by atoms with Crippen LogP contribution in [0.2, 0.25) is 0 Å². The Hall–Kier alpha value is -2.96. The minimum Gasteiger partial charge on any atom is -0.362 e. The summed E-state index contributed by atoms with van der Waals surface area (Å²) < 4.78 is 0. The maximum atomic E-state index is 13.3. The van der Waals surface area contributed by atoms with Crippen molar-refractivity contribution < 1.29 is 9.59 Å². The number of amides is 2. The Morgan fingerprint density at radius 3 is 2.71 bits per heavy atom. The lowest BCUT2D eigenvalue weighted by Crippen LogP contribution is -2.50. The van der Waals surface area contributed by atoms with Crippen molar-refractivity contribution in [2.24, 2.45) is 0 Å². The summed E-state index contributed by atoms with van der Waals surface area (Å²) in [5.74, 6) is 0.860. The van der Waals surface area contributed by atoms with Gasteiger partial charge in [-0.1, -0.05) is 25.1 Å². The highest BCUT2D eigenvalue weighted by Crippen LogP contribution is 2.28. The molecule has 1 atom stereocenters. The number of fused-ring (bicyclic) bond motifs is 2. The van der Waals surface area contributed by atoms with Gasteiger partial charge in [-0.25, -0.2) is 9.97 Å². The van der Waals surface area contributed by atoms with E-state index in [4.69, 9.17) is 0 Å². The molecule has 0 saturated carbocycles. The molecule has 0 bridgehead atoms. The Morgan fingerprint density at radius 2 is 2.00 bits per heavy atom. The lowest BCUT2D eigenvalue weighted by molar-refractivity contribution is -0.137. The molecular weight excluding hydrogens is 354 g/mol. The molecule has 7 nitrogen and oxygen atoms in total. The Balaban J connectivity index is 1.55. The topological polar surface area (TPSA) is 69.6 Å². The van der Waals surface area contributed by atoms with Gasteiger partial charge < -0.3 is 14.7 Å². The number of benzene rings is 1. The molecule has 7 heteroatoms. The van der Waals surface area contributed by atoms with Gasteiger partial charge >= 0.3 is 0 Å². The van der Waals surface area contributed by atoms with Crippen molar-refractivity contribution in [1.82, 2.24) is 19.8 Å². The molecule has 2 aliphatic rings. The molecule has 1 unspecified atom stereocenters. The first-order valence-corrected chi connectivity index (χ1v) is 9.69. The van der Waals surface area contributed by atoms with Gasteiger partial charge in [-0.3, -0.25) is 9.59 Å². The average molecular weight is 379 g/mol. The molecule has 1 aromatic heterocycles. The number of anilines is 1. The second-order valence-electron chi connectivity index (χ2n) is 7.54. The molecule has 0 N–H and O–H groups in total. The molecule has 0 aliphatic carbocycles. The predicted molar refractivity (Wildman–Crippen MR) is 106 cm³/mol. The van der Waals surface area contributed by atoms with Gasteiger partial charge in [-0.05, 0) is 24.5 Å². The highest BCUT2D eigenvalue weighted by atomic mass is 16.2. The van der Waals surface area contributed by atoms with Crippen LogP contribution in [0.1, 0.15) is 40.5 Å². The molecule has 0 fully saturated rings. The maximum Gasteiger partial charge on any atom is 0.255 e. The minimum absolute atomic E-state index is 0.000628. The summed E-state index contributed by atoms with van der Waals surface area (Å²) in [6, 6.07) is 7.15. The van der Waals surface area contributed by atoms with Crippen LogP contribution in [0.4, 0.5) is 5.82 Å². The van der Waals surface area contributed by atoms with E-state index in [-0.39, 0.29) is 11.8 Å². The molecule has 2 aromatic rings. The van der Waals surface area contributed by atoms with Crippen LogP contribution in [0.3, 0.4) is 0 Å². The molecule has 0 saturated heterocycles.